The third-order valence-corrected chi connectivity index (χ3v) is 5.21. The van der Waals surface area contributed by atoms with Crippen LogP contribution in [-0.2, 0) is 11.8 Å². The van der Waals surface area contributed by atoms with Crippen LogP contribution in [-0.4, -0.2) is 29.0 Å². The van der Waals surface area contributed by atoms with E-state index < -0.39 is 0 Å². The summed E-state index contributed by atoms with van der Waals surface area (Å²) in [4.78, 5) is 6.22. The molecular formula is C18H26N2. The van der Waals surface area contributed by atoms with Gasteiger partial charge in [-0.15, -0.1) is 0 Å². The van der Waals surface area contributed by atoms with Crippen LogP contribution in [0.4, 0.5) is 0 Å². The topological polar surface area (TPSA) is 19.0 Å². The van der Waals surface area contributed by atoms with Crippen molar-refractivity contribution in [2.45, 2.75) is 51.5 Å². The van der Waals surface area contributed by atoms with Crippen molar-refractivity contribution >= 4 is 10.9 Å². The van der Waals surface area contributed by atoms with Crippen LogP contribution in [0.1, 0.15) is 45.4 Å². The molecule has 3 rings (SSSR count). The van der Waals surface area contributed by atoms with Crippen molar-refractivity contribution in [2.75, 3.05) is 13.6 Å². The van der Waals surface area contributed by atoms with Gasteiger partial charge in [0.1, 0.15) is 0 Å². The Labute approximate surface area is 122 Å². The molecular weight excluding hydrogens is 244 g/mol. The molecule has 1 aliphatic heterocycles. The number of nitrogens with zero attached hydrogens (tertiary/aromatic N) is 1. The number of aromatic nitrogens is 1. The van der Waals surface area contributed by atoms with Crippen LogP contribution >= 0.6 is 0 Å². The summed E-state index contributed by atoms with van der Waals surface area (Å²) in [5, 5.41) is 1.40. The van der Waals surface area contributed by atoms with Crippen molar-refractivity contribution in [1.82, 2.24) is 9.88 Å². The zero-order valence-corrected chi connectivity index (χ0v) is 13.4. The molecule has 0 spiro atoms. The second-order valence-electron chi connectivity index (χ2n) is 7.57. The Morgan fingerprint density at radius 1 is 1.10 bits per heavy atom. The predicted molar refractivity (Wildman–Crippen MR) is 86.4 cm³/mol. The maximum atomic E-state index is 3.71. The number of hydrogen-bond donors (Lipinski definition) is 1. The number of rotatable bonds is 0. The summed E-state index contributed by atoms with van der Waals surface area (Å²) in [5.74, 6) is 0. The highest BCUT2D eigenvalue weighted by atomic mass is 15.2. The second-order valence-corrected chi connectivity index (χ2v) is 7.57. The number of H-pyrrole nitrogens is 1. The van der Waals surface area contributed by atoms with Crippen molar-refractivity contribution in [2.24, 2.45) is 0 Å². The van der Waals surface area contributed by atoms with E-state index in [0.29, 0.717) is 0 Å². The van der Waals surface area contributed by atoms with Gasteiger partial charge in [0, 0.05) is 27.6 Å². The Morgan fingerprint density at radius 3 is 2.55 bits per heavy atom. The Balaban J connectivity index is 2.24. The molecule has 1 aromatic heterocycles. The predicted octanol–water partition coefficient (Wildman–Crippen LogP) is 4.10. The van der Waals surface area contributed by atoms with Gasteiger partial charge in [-0.3, -0.25) is 0 Å². The van der Waals surface area contributed by atoms with Crippen molar-refractivity contribution in [3.63, 3.8) is 0 Å². The minimum atomic E-state index is 0.205. The molecule has 1 aliphatic rings. The van der Waals surface area contributed by atoms with Crippen LogP contribution < -0.4 is 0 Å². The smallest absolute Gasteiger partial charge is 0.0459 e. The molecule has 2 nitrogen and oxygen atoms in total. The van der Waals surface area contributed by atoms with Crippen LogP contribution in [0.15, 0.2) is 24.3 Å². The fraction of sp³-hybridized carbons (Fsp3) is 0.556. The summed E-state index contributed by atoms with van der Waals surface area (Å²) in [6.45, 7) is 10.6. The molecule has 0 fully saturated rings. The standard InChI is InChI=1S/C18H26N2/c1-17(2)10-11-20(5)18(3,4)12-14-13-8-6-7-9-15(13)19-16(14)17/h6-9,19H,10-12H2,1-5H3. The largest absolute Gasteiger partial charge is 0.358 e. The molecule has 0 radical (unpaired) electrons. The van der Waals surface area contributed by atoms with Gasteiger partial charge in [-0.2, -0.15) is 0 Å². The first-order valence-corrected chi connectivity index (χ1v) is 7.63. The zero-order chi connectivity index (χ0) is 14.5. The maximum Gasteiger partial charge on any atom is 0.0459 e. The highest BCUT2D eigenvalue weighted by molar-refractivity contribution is 5.85. The van der Waals surface area contributed by atoms with E-state index in [9.17, 15) is 0 Å². The van der Waals surface area contributed by atoms with Crippen LogP contribution in [0.25, 0.3) is 10.9 Å². The van der Waals surface area contributed by atoms with Gasteiger partial charge in [0.2, 0.25) is 0 Å². The molecule has 0 unspecified atom stereocenters. The average Bonchev–Trinajstić information content (AvgIpc) is 2.74. The number of aromatic amines is 1. The molecule has 0 amide bonds. The van der Waals surface area contributed by atoms with E-state index in [0.717, 1.165) is 13.0 Å². The SMILES string of the molecule is CN1CCC(C)(C)c2[nH]c3ccccc3c2CC1(C)C. The van der Waals surface area contributed by atoms with Gasteiger partial charge in [0.15, 0.2) is 0 Å². The number of benzene rings is 1. The Kier molecular flexibility index (Phi) is 2.98. The monoisotopic (exact) mass is 270 g/mol. The summed E-state index contributed by atoms with van der Waals surface area (Å²) >= 11 is 0. The fourth-order valence-electron chi connectivity index (χ4n) is 3.40. The number of nitrogens with one attached hydrogen (secondary N) is 1. The molecule has 2 aromatic rings. The molecule has 0 saturated heterocycles. The number of likely N-dealkylation sites (N-methyl/N-ethyl adjacent to an activating group) is 1. The average molecular weight is 270 g/mol. The zero-order valence-electron chi connectivity index (χ0n) is 13.4. The van der Waals surface area contributed by atoms with Gasteiger partial charge >= 0.3 is 0 Å². The lowest BCUT2D eigenvalue weighted by atomic mass is 9.78. The van der Waals surface area contributed by atoms with Crippen molar-refractivity contribution < 1.29 is 0 Å². The van der Waals surface area contributed by atoms with Gasteiger partial charge in [0.05, 0.1) is 0 Å². The number of fused-ring (bicyclic) bond motifs is 3. The van der Waals surface area contributed by atoms with E-state index in [-0.39, 0.29) is 11.0 Å². The summed E-state index contributed by atoms with van der Waals surface area (Å²) in [7, 11) is 2.26. The lowest BCUT2D eigenvalue weighted by Gasteiger charge is -2.41. The Hall–Kier alpha value is -1.28. The molecule has 0 aliphatic carbocycles. The molecule has 1 aromatic carbocycles. The molecule has 20 heavy (non-hydrogen) atoms. The second kappa shape index (κ2) is 4.36. The highest BCUT2D eigenvalue weighted by Gasteiger charge is 2.35. The van der Waals surface area contributed by atoms with Gasteiger partial charge in [-0.05, 0) is 51.9 Å². The third-order valence-electron chi connectivity index (χ3n) is 5.21. The summed E-state index contributed by atoms with van der Waals surface area (Å²) in [5.41, 5.74) is 4.66. The summed E-state index contributed by atoms with van der Waals surface area (Å²) in [6.07, 6.45) is 2.29. The van der Waals surface area contributed by atoms with E-state index in [4.69, 9.17) is 0 Å². The first kappa shape index (κ1) is 13.7. The molecule has 1 N–H and O–H groups in total. The van der Waals surface area contributed by atoms with Crippen LogP contribution in [0.3, 0.4) is 0 Å². The van der Waals surface area contributed by atoms with E-state index in [2.05, 4.69) is 68.9 Å². The van der Waals surface area contributed by atoms with Gasteiger partial charge < -0.3 is 9.88 Å². The fourth-order valence-corrected chi connectivity index (χ4v) is 3.40. The minimum Gasteiger partial charge on any atom is -0.358 e. The van der Waals surface area contributed by atoms with E-state index in [1.165, 1.54) is 28.6 Å². The minimum absolute atomic E-state index is 0.205. The van der Waals surface area contributed by atoms with Crippen molar-refractivity contribution in [1.29, 1.82) is 0 Å². The van der Waals surface area contributed by atoms with E-state index in [1.807, 2.05) is 0 Å². The van der Waals surface area contributed by atoms with E-state index >= 15 is 0 Å². The van der Waals surface area contributed by atoms with Crippen molar-refractivity contribution in [3.8, 4) is 0 Å². The molecule has 2 heterocycles. The summed E-state index contributed by atoms with van der Waals surface area (Å²) < 4.78 is 0. The third kappa shape index (κ3) is 2.07. The molecule has 0 saturated carbocycles. The molecule has 0 atom stereocenters. The molecule has 0 bridgehead atoms. The van der Waals surface area contributed by atoms with Crippen LogP contribution in [0.5, 0.6) is 0 Å². The first-order valence-electron chi connectivity index (χ1n) is 7.63. The summed E-state index contributed by atoms with van der Waals surface area (Å²) in [6, 6.07) is 8.74. The molecule has 2 heteroatoms. The normalized spacial score (nSPS) is 22.2. The maximum absolute atomic E-state index is 3.71. The number of hydrogen-bond acceptors (Lipinski definition) is 1. The van der Waals surface area contributed by atoms with Crippen LogP contribution in [0, 0.1) is 0 Å². The van der Waals surface area contributed by atoms with Gasteiger partial charge in [-0.25, -0.2) is 0 Å². The van der Waals surface area contributed by atoms with Crippen molar-refractivity contribution in [3.05, 3.63) is 35.5 Å². The highest BCUT2D eigenvalue weighted by Crippen LogP contribution is 2.38. The number of para-hydroxylation sites is 1. The Morgan fingerprint density at radius 2 is 1.80 bits per heavy atom. The van der Waals surface area contributed by atoms with Gasteiger partial charge in [0.25, 0.3) is 0 Å². The van der Waals surface area contributed by atoms with E-state index in [1.54, 1.807) is 0 Å². The molecule has 108 valence electrons. The Bertz CT molecular complexity index is 634. The lowest BCUT2D eigenvalue weighted by molar-refractivity contribution is 0.136. The van der Waals surface area contributed by atoms with Gasteiger partial charge in [-0.1, -0.05) is 32.0 Å². The quantitative estimate of drug-likeness (QED) is 0.763. The van der Waals surface area contributed by atoms with Crippen LogP contribution in [0.2, 0.25) is 0 Å². The first-order chi connectivity index (χ1) is 9.31. The lowest BCUT2D eigenvalue weighted by Crippen LogP contribution is -2.46.